The molecule has 4 rings (SSSR count). The van der Waals surface area contributed by atoms with Crippen molar-refractivity contribution in [1.82, 2.24) is 10.2 Å². The standard InChI is InChI=1S/C25H24F6N2O3/c26-24(27,28)17-8-6-7-16(13-17)14-32-21(34)20-15-36-23(11-4-1-5-12-23)33(20)22(35)18-9-2-3-10-19(18)25(29,30)31/h2-3,6-10,13,20H,1,4-5,11-12,14-15H2,(H,32,34). The molecule has 1 unspecified atom stereocenters. The molecular formula is C25H24F6N2O3. The summed E-state index contributed by atoms with van der Waals surface area (Å²) in [6.45, 7) is -0.484. The second-order valence-corrected chi connectivity index (χ2v) is 8.97. The van der Waals surface area contributed by atoms with Crippen LogP contribution in [0.4, 0.5) is 26.3 Å². The van der Waals surface area contributed by atoms with Gasteiger partial charge in [0.1, 0.15) is 11.8 Å². The molecule has 2 amide bonds. The van der Waals surface area contributed by atoms with E-state index in [1.54, 1.807) is 0 Å². The first-order valence-corrected chi connectivity index (χ1v) is 11.5. The lowest BCUT2D eigenvalue weighted by Gasteiger charge is -2.41. The van der Waals surface area contributed by atoms with E-state index in [1.165, 1.54) is 24.3 Å². The van der Waals surface area contributed by atoms with Gasteiger partial charge in [-0.25, -0.2) is 0 Å². The van der Waals surface area contributed by atoms with Crippen LogP contribution in [0.15, 0.2) is 48.5 Å². The maximum atomic E-state index is 13.6. The SMILES string of the molecule is O=C(NCc1cccc(C(F)(F)F)c1)C1COC2(CCCCC2)N1C(=O)c1ccccc1C(F)(F)F. The number of hydrogen-bond acceptors (Lipinski definition) is 3. The molecule has 1 spiro atoms. The molecule has 1 N–H and O–H groups in total. The first-order chi connectivity index (χ1) is 16.9. The van der Waals surface area contributed by atoms with E-state index in [1.807, 2.05) is 0 Å². The zero-order valence-corrected chi connectivity index (χ0v) is 19.1. The molecule has 1 heterocycles. The van der Waals surface area contributed by atoms with Gasteiger partial charge in [-0.15, -0.1) is 0 Å². The Bertz CT molecular complexity index is 1130. The summed E-state index contributed by atoms with van der Waals surface area (Å²) in [6.07, 6.45) is -6.41. The lowest BCUT2D eigenvalue weighted by molar-refractivity contribution is -0.139. The van der Waals surface area contributed by atoms with Crippen molar-refractivity contribution in [3.8, 4) is 0 Å². The zero-order valence-electron chi connectivity index (χ0n) is 19.1. The van der Waals surface area contributed by atoms with Gasteiger partial charge in [0.15, 0.2) is 0 Å². The number of hydrogen-bond donors (Lipinski definition) is 1. The normalized spacial score (nSPS) is 19.9. The van der Waals surface area contributed by atoms with Crippen LogP contribution in [0.5, 0.6) is 0 Å². The Kier molecular flexibility index (Phi) is 7.05. The summed E-state index contributed by atoms with van der Waals surface area (Å²) in [6, 6.07) is 7.56. The molecule has 0 bridgehead atoms. The van der Waals surface area contributed by atoms with Gasteiger partial charge in [0, 0.05) is 6.54 Å². The van der Waals surface area contributed by atoms with Crippen LogP contribution in [0.1, 0.15) is 59.2 Å². The molecular weight excluding hydrogens is 490 g/mol. The monoisotopic (exact) mass is 514 g/mol. The summed E-state index contributed by atoms with van der Waals surface area (Å²) < 4.78 is 85.9. The van der Waals surface area contributed by atoms with Crippen LogP contribution in [0.3, 0.4) is 0 Å². The van der Waals surface area contributed by atoms with Crippen LogP contribution in [0.2, 0.25) is 0 Å². The topological polar surface area (TPSA) is 58.6 Å². The summed E-state index contributed by atoms with van der Waals surface area (Å²) in [7, 11) is 0. The molecule has 1 aliphatic heterocycles. The summed E-state index contributed by atoms with van der Waals surface area (Å²) in [5, 5.41) is 2.52. The maximum Gasteiger partial charge on any atom is 0.417 e. The van der Waals surface area contributed by atoms with Crippen molar-refractivity contribution in [3.05, 3.63) is 70.8 Å². The lowest BCUT2D eigenvalue weighted by Crippen LogP contribution is -2.56. The smallest absolute Gasteiger partial charge is 0.353 e. The molecule has 1 aliphatic carbocycles. The summed E-state index contributed by atoms with van der Waals surface area (Å²) in [4.78, 5) is 27.8. The molecule has 2 aromatic carbocycles. The second kappa shape index (κ2) is 9.76. The van der Waals surface area contributed by atoms with E-state index in [4.69, 9.17) is 4.74 Å². The van der Waals surface area contributed by atoms with E-state index < -0.39 is 52.6 Å². The van der Waals surface area contributed by atoms with Crippen molar-refractivity contribution in [2.45, 2.75) is 62.8 Å². The van der Waals surface area contributed by atoms with E-state index in [0.717, 1.165) is 35.6 Å². The van der Waals surface area contributed by atoms with Gasteiger partial charge in [0.05, 0.1) is 23.3 Å². The van der Waals surface area contributed by atoms with Crippen molar-refractivity contribution < 1.29 is 40.7 Å². The van der Waals surface area contributed by atoms with Crippen LogP contribution in [-0.4, -0.2) is 35.1 Å². The Balaban J connectivity index is 1.61. The molecule has 2 fully saturated rings. The van der Waals surface area contributed by atoms with E-state index in [0.29, 0.717) is 25.7 Å². The number of benzene rings is 2. The molecule has 1 atom stereocenters. The highest BCUT2D eigenvalue weighted by atomic mass is 19.4. The highest BCUT2D eigenvalue weighted by Gasteiger charge is 2.53. The molecule has 0 aromatic heterocycles. The van der Waals surface area contributed by atoms with Gasteiger partial charge in [-0.2, -0.15) is 26.3 Å². The molecule has 5 nitrogen and oxygen atoms in total. The second-order valence-electron chi connectivity index (χ2n) is 8.97. The predicted octanol–water partition coefficient (Wildman–Crippen LogP) is 5.54. The van der Waals surface area contributed by atoms with Crippen molar-refractivity contribution in [1.29, 1.82) is 0 Å². The Morgan fingerprint density at radius 1 is 0.944 bits per heavy atom. The highest BCUT2D eigenvalue weighted by molar-refractivity contribution is 5.99. The molecule has 1 saturated heterocycles. The Hall–Kier alpha value is -3.08. The average molecular weight is 514 g/mol. The lowest BCUT2D eigenvalue weighted by atomic mass is 9.89. The molecule has 1 saturated carbocycles. The third-order valence-electron chi connectivity index (χ3n) is 6.60. The summed E-state index contributed by atoms with van der Waals surface area (Å²) in [5.41, 5.74) is -3.61. The number of nitrogens with zero attached hydrogens (tertiary/aromatic N) is 1. The first-order valence-electron chi connectivity index (χ1n) is 11.5. The first kappa shape index (κ1) is 26.0. The number of rotatable bonds is 4. The fourth-order valence-corrected chi connectivity index (χ4v) is 4.88. The summed E-state index contributed by atoms with van der Waals surface area (Å²) in [5.74, 6) is -1.69. The zero-order chi connectivity index (χ0) is 26.1. The number of nitrogens with one attached hydrogen (secondary N) is 1. The summed E-state index contributed by atoms with van der Waals surface area (Å²) >= 11 is 0. The van der Waals surface area contributed by atoms with E-state index in [2.05, 4.69) is 5.32 Å². The third kappa shape index (κ3) is 5.21. The van der Waals surface area contributed by atoms with E-state index >= 15 is 0 Å². The third-order valence-corrected chi connectivity index (χ3v) is 6.60. The number of amides is 2. The largest absolute Gasteiger partial charge is 0.417 e. The molecule has 2 aliphatic rings. The van der Waals surface area contributed by atoms with Gasteiger partial charge in [-0.1, -0.05) is 30.7 Å². The van der Waals surface area contributed by atoms with Gasteiger partial charge < -0.3 is 10.1 Å². The van der Waals surface area contributed by atoms with Crippen molar-refractivity contribution in [3.63, 3.8) is 0 Å². The Morgan fingerprint density at radius 3 is 2.31 bits per heavy atom. The minimum Gasteiger partial charge on any atom is -0.353 e. The van der Waals surface area contributed by atoms with E-state index in [9.17, 15) is 35.9 Å². The van der Waals surface area contributed by atoms with Crippen LogP contribution in [0, 0.1) is 0 Å². The molecule has 2 aromatic rings. The van der Waals surface area contributed by atoms with E-state index in [-0.39, 0.29) is 18.7 Å². The molecule has 194 valence electrons. The molecule has 11 heteroatoms. The van der Waals surface area contributed by atoms with Gasteiger partial charge in [0.2, 0.25) is 5.91 Å². The van der Waals surface area contributed by atoms with Gasteiger partial charge in [0.25, 0.3) is 5.91 Å². The van der Waals surface area contributed by atoms with Crippen LogP contribution in [0.25, 0.3) is 0 Å². The van der Waals surface area contributed by atoms with Gasteiger partial charge in [-0.05, 0) is 55.5 Å². The van der Waals surface area contributed by atoms with Crippen LogP contribution >= 0.6 is 0 Å². The predicted molar refractivity (Wildman–Crippen MR) is 116 cm³/mol. The number of carbonyl (C=O) groups is 2. The van der Waals surface area contributed by atoms with Gasteiger partial charge >= 0.3 is 12.4 Å². The highest BCUT2D eigenvalue weighted by Crippen LogP contribution is 2.42. The number of alkyl halides is 6. The van der Waals surface area contributed by atoms with Crippen molar-refractivity contribution in [2.24, 2.45) is 0 Å². The Morgan fingerprint density at radius 2 is 1.64 bits per heavy atom. The molecule has 0 radical (unpaired) electrons. The van der Waals surface area contributed by atoms with Crippen LogP contribution in [-0.2, 0) is 28.4 Å². The fraction of sp³-hybridized carbons (Fsp3) is 0.440. The fourth-order valence-electron chi connectivity index (χ4n) is 4.88. The number of carbonyl (C=O) groups excluding carboxylic acids is 2. The average Bonchev–Trinajstić information content (AvgIpc) is 3.19. The van der Waals surface area contributed by atoms with Gasteiger partial charge in [-0.3, -0.25) is 14.5 Å². The number of ether oxygens (including phenoxy) is 1. The minimum atomic E-state index is -4.78. The Labute approximate surface area is 203 Å². The van der Waals surface area contributed by atoms with Crippen molar-refractivity contribution >= 4 is 11.8 Å². The minimum absolute atomic E-state index is 0.185. The molecule has 36 heavy (non-hydrogen) atoms. The van der Waals surface area contributed by atoms with Crippen molar-refractivity contribution in [2.75, 3.05) is 6.61 Å². The number of halogens is 6. The van der Waals surface area contributed by atoms with Crippen LogP contribution < -0.4 is 5.32 Å². The quantitative estimate of drug-likeness (QED) is 0.545. The maximum absolute atomic E-state index is 13.6.